The Kier molecular flexibility index (Phi) is 3.67. The third kappa shape index (κ3) is 2.46. The summed E-state index contributed by atoms with van der Waals surface area (Å²) in [6.07, 6.45) is 3.27. The van der Waals surface area contributed by atoms with E-state index in [9.17, 15) is 13.6 Å². The Labute approximate surface area is 146 Å². The molecule has 1 fully saturated rings. The first-order valence-corrected chi connectivity index (χ1v) is 8.74. The van der Waals surface area contributed by atoms with Crippen molar-refractivity contribution < 1.29 is 13.6 Å². The molecule has 1 saturated heterocycles. The maximum atomic E-state index is 13.6. The van der Waals surface area contributed by atoms with E-state index >= 15 is 0 Å². The number of nitrogens with zero attached hydrogens (tertiary/aromatic N) is 1. The Balaban J connectivity index is 1.75. The SMILES string of the molecule is CN1C(=O)CC[C@]2(C)c3ccc(-c4ccc(F)c(F)c4)cc3CC[C@@H]12. The summed E-state index contributed by atoms with van der Waals surface area (Å²) in [5, 5.41) is 0. The van der Waals surface area contributed by atoms with Crippen LogP contribution in [0, 0.1) is 11.6 Å². The molecule has 4 heteroatoms. The van der Waals surface area contributed by atoms with E-state index in [1.807, 2.05) is 18.0 Å². The first-order chi connectivity index (χ1) is 11.9. The summed E-state index contributed by atoms with van der Waals surface area (Å²) in [6.45, 7) is 2.25. The number of amides is 1. The lowest BCUT2D eigenvalue weighted by atomic mass is 9.63. The summed E-state index contributed by atoms with van der Waals surface area (Å²) in [5.74, 6) is -1.43. The number of carbonyl (C=O) groups excluding carboxylic acids is 1. The first-order valence-electron chi connectivity index (χ1n) is 8.74. The number of piperidine rings is 1. The fourth-order valence-electron chi connectivity index (χ4n) is 4.64. The van der Waals surface area contributed by atoms with Gasteiger partial charge in [0.15, 0.2) is 11.6 Å². The minimum absolute atomic E-state index is 0.0389. The van der Waals surface area contributed by atoms with Crippen molar-refractivity contribution in [2.24, 2.45) is 0 Å². The second-order valence-corrected chi connectivity index (χ2v) is 7.48. The first kappa shape index (κ1) is 16.2. The van der Waals surface area contributed by atoms with Crippen molar-refractivity contribution in [3.05, 3.63) is 59.2 Å². The molecule has 2 aromatic carbocycles. The summed E-state index contributed by atoms with van der Waals surface area (Å²) in [7, 11) is 1.91. The molecule has 0 unspecified atom stereocenters. The molecule has 2 atom stereocenters. The average Bonchev–Trinajstić information content (AvgIpc) is 2.60. The smallest absolute Gasteiger partial charge is 0.222 e. The lowest BCUT2D eigenvalue weighted by Gasteiger charge is -2.50. The fraction of sp³-hybridized carbons (Fsp3) is 0.381. The van der Waals surface area contributed by atoms with Crippen molar-refractivity contribution in [3.8, 4) is 11.1 Å². The molecule has 0 spiro atoms. The fourth-order valence-corrected chi connectivity index (χ4v) is 4.64. The van der Waals surface area contributed by atoms with E-state index in [2.05, 4.69) is 19.1 Å². The van der Waals surface area contributed by atoms with Gasteiger partial charge < -0.3 is 4.90 Å². The van der Waals surface area contributed by atoms with E-state index in [1.54, 1.807) is 6.07 Å². The van der Waals surface area contributed by atoms with Gasteiger partial charge in [0, 0.05) is 24.9 Å². The molecule has 0 radical (unpaired) electrons. The van der Waals surface area contributed by atoms with Gasteiger partial charge in [-0.1, -0.05) is 31.2 Å². The quantitative estimate of drug-likeness (QED) is 0.750. The highest BCUT2D eigenvalue weighted by atomic mass is 19.2. The number of aryl methyl sites for hydroxylation is 1. The molecule has 25 heavy (non-hydrogen) atoms. The van der Waals surface area contributed by atoms with Crippen molar-refractivity contribution in [2.75, 3.05) is 7.05 Å². The predicted molar refractivity (Wildman–Crippen MR) is 93.3 cm³/mol. The molecule has 1 amide bonds. The molecular formula is C21H21F2NO. The van der Waals surface area contributed by atoms with E-state index in [0.717, 1.165) is 24.8 Å². The number of likely N-dealkylation sites (N-methyl/N-ethyl adjacent to an activating group) is 1. The second kappa shape index (κ2) is 5.65. The molecule has 1 aliphatic carbocycles. The van der Waals surface area contributed by atoms with Gasteiger partial charge in [-0.05, 0) is 53.6 Å². The van der Waals surface area contributed by atoms with Gasteiger partial charge in [-0.2, -0.15) is 0 Å². The van der Waals surface area contributed by atoms with E-state index in [0.29, 0.717) is 12.0 Å². The largest absolute Gasteiger partial charge is 0.342 e. The van der Waals surface area contributed by atoms with Gasteiger partial charge >= 0.3 is 0 Å². The molecule has 0 aromatic heterocycles. The number of hydrogen-bond acceptors (Lipinski definition) is 1. The van der Waals surface area contributed by atoms with Crippen LogP contribution in [0.1, 0.15) is 37.3 Å². The van der Waals surface area contributed by atoms with Crippen LogP contribution in [0.15, 0.2) is 36.4 Å². The highest BCUT2D eigenvalue weighted by Gasteiger charge is 2.46. The summed E-state index contributed by atoms with van der Waals surface area (Å²) >= 11 is 0. The topological polar surface area (TPSA) is 20.3 Å². The second-order valence-electron chi connectivity index (χ2n) is 7.48. The van der Waals surface area contributed by atoms with Gasteiger partial charge in [-0.15, -0.1) is 0 Å². The van der Waals surface area contributed by atoms with Gasteiger partial charge in [-0.25, -0.2) is 8.78 Å². The van der Waals surface area contributed by atoms with Crippen molar-refractivity contribution in [1.29, 1.82) is 0 Å². The minimum atomic E-state index is -0.827. The van der Waals surface area contributed by atoms with Gasteiger partial charge in [0.25, 0.3) is 0 Å². The number of benzene rings is 2. The average molecular weight is 341 g/mol. The standard InChI is InChI=1S/C21H21F2NO/c1-21-10-9-20(25)24(2)19(21)8-5-15-11-13(3-6-16(15)21)14-4-7-17(22)18(23)12-14/h3-4,6-7,11-12,19H,5,8-10H2,1-2H3/t19-,21-/m1/s1. The lowest BCUT2D eigenvalue weighted by molar-refractivity contribution is -0.138. The van der Waals surface area contributed by atoms with Crippen LogP contribution in [0.25, 0.3) is 11.1 Å². The highest BCUT2D eigenvalue weighted by Crippen LogP contribution is 2.46. The molecule has 4 rings (SSSR count). The number of halogens is 2. The van der Waals surface area contributed by atoms with E-state index in [4.69, 9.17) is 0 Å². The molecule has 130 valence electrons. The van der Waals surface area contributed by atoms with Gasteiger partial charge in [0.1, 0.15) is 0 Å². The van der Waals surface area contributed by atoms with Crippen molar-refractivity contribution >= 4 is 5.91 Å². The molecule has 2 aromatic rings. The number of carbonyl (C=O) groups is 1. The number of fused-ring (bicyclic) bond motifs is 3. The summed E-state index contributed by atoms with van der Waals surface area (Å²) in [5.41, 5.74) is 4.09. The normalized spacial score (nSPS) is 25.5. The summed E-state index contributed by atoms with van der Waals surface area (Å²) in [6, 6.07) is 10.5. The molecule has 1 aliphatic heterocycles. The number of rotatable bonds is 1. The van der Waals surface area contributed by atoms with Gasteiger partial charge in [-0.3, -0.25) is 4.79 Å². The van der Waals surface area contributed by atoms with E-state index in [1.165, 1.54) is 23.3 Å². The Morgan fingerprint density at radius 3 is 2.52 bits per heavy atom. The van der Waals surface area contributed by atoms with Crippen LogP contribution >= 0.6 is 0 Å². The van der Waals surface area contributed by atoms with Gasteiger partial charge in [0.05, 0.1) is 0 Å². The Hall–Kier alpha value is -2.23. The Bertz CT molecular complexity index is 863. The lowest BCUT2D eigenvalue weighted by Crippen LogP contribution is -2.56. The van der Waals surface area contributed by atoms with Crippen LogP contribution in [0.5, 0.6) is 0 Å². The van der Waals surface area contributed by atoms with Crippen LogP contribution in [-0.4, -0.2) is 23.9 Å². The Morgan fingerprint density at radius 2 is 1.76 bits per heavy atom. The third-order valence-electron chi connectivity index (χ3n) is 6.12. The molecule has 0 N–H and O–H groups in total. The molecular weight excluding hydrogens is 320 g/mol. The Morgan fingerprint density at radius 1 is 1.04 bits per heavy atom. The van der Waals surface area contributed by atoms with Crippen molar-refractivity contribution in [3.63, 3.8) is 0 Å². The highest BCUT2D eigenvalue weighted by molar-refractivity contribution is 5.78. The van der Waals surface area contributed by atoms with Crippen LogP contribution in [-0.2, 0) is 16.6 Å². The van der Waals surface area contributed by atoms with Crippen LogP contribution in [0.3, 0.4) is 0 Å². The van der Waals surface area contributed by atoms with Crippen molar-refractivity contribution in [1.82, 2.24) is 4.90 Å². The number of hydrogen-bond donors (Lipinski definition) is 0. The molecule has 2 aliphatic rings. The number of likely N-dealkylation sites (tertiary alicyclic amines) is 1. The zero-order valence-corrected chi connectivity index (χ0v) is 14.5. The third-order valence-corrected chi connectivity index (χ3v) is 6.12. The van der Waals surface area contributed by atoms with Crippen LogP contribution in [0.4, 0.5) is 8.78 Å². The zero-order valence-electron chi connectivity index (χ0n) is 14.5. The summed E-state index contributed by atoms with van der Waals surface area (Å²) < 4.78 is 26.7. The minimum Gasteiger partial charge on any atom is -0.342 e. The maximum absolute atomic E-state index is 13.6. The van der Waals surface area contributed by atoms with Gasteiger partial charge in [0.2, 0.25) is 5.91 Å². The van der Waals surface area contributed by atoms with E-state index in [-0.39, 0.29) is 17.4 Å². The molecule has 2 nitrogen and oxygen atoms in total. The summed E-state index contributed by atoms with van der Waals surface area (Å²) in [4.78, 5) is 14.0. The molecule has 0 saturated carbocycles. The predicted octanol–water partition coefficient (Wildman–Crippen LogP) is 4.46. The zero-order chi connectivity index (χ0) is 17.8. The van der Waals surface area contributed by atoms with E-state index < -0.39 is 11.6 Å². The van der Waals surface area contributed by atoms with Crippen LogP contribution < -0.4 is 0 Å². The van der Waals surface area contributed by atoms with Crippen LogP contribution in [0.2, 0.25) is 0 Å². The molecule has 1 heterocycles. The van der Waals surface area contributed by atoms with Crippen molar-refractivity contribution in [2.45, 2.75) is 44.1 Å². The molecule has 0 bridgehead atoms. The maximum Gasteiger partial charge on any atom is 0.222 e. The monoisotopic (exact) mass is 341 g/mol.